The van der Waals surface area contributed by atoms with E-state index < -0.39 is 6.04 Å². The van der Waals surface area contributed by atoms with Gasteiger partial charge >= 0.3 is 0 Å². The molecule has 2 atom stereocenters. The predicted octanol–water partition coefficient (Wildman–Crippen LogP) is 7.23. The van der Waals surface area contributed by atoms with Crippen LogP contribution in [0, 0.1) is 0 Å². The largest absolute Gasteiger partial charge is 0.357 e. The van der Waals surface area contributed by atoms with Crippen LogP contribution in [-0.4, -0.2) is 11.7 Å². The summed E-state index contributed by atoms with van der Waals surface area (Å²) in [7, 11) is 0. The molecule has 1 aliphatic carbocycles. The van der Waals surface area contributed by atoms with Crippen molar-refractivity contribution in [3.63, 3.8) is 0 Å². The molecule has 0 fully saturated rings. The number of Topliss-reactive ketones (excluding diaryl/α,β-unsaturated/α-hetero) is 1. The third-order valence-electron chi connectivity index (χ3n) is 6.84. The van der Waals surface area contributed by atoms with Crippen molar-refractivity contribution in [2.45, 2.75) is 57.4 Å². The molecule has 5 rings (SSSR count). The van der Waals surface area contributed by atoms with Crippen LogP contribution in [0.15, 0.2) is 83.4 Å². The maximum atomic E-state index is 13.8. The van der Waals surface area contributed by atoms with Crippen LogP contribution in [0.1, 0.15) is 67.8 Å². The average Bonchev–Trinajstić information content (AvgIpc) is 3.34. The van der Waals surface area contributed by atoms with Crippen LogP contribution in [0.2, 0.25) is 0 Å². The monoisotopic (exact) mass is 470 g/mol. The zero-order valence-corrected chi connectivity index (χ0v) is 20.3. The lowest BCUT2D eigenvalue weighted by atomic mass is 9.79. The van der Waals surface area contributed by atoms with Crippen molar-refractivity contribution in [1.29, 1.82) is 0 Å². The van der Waals surface area contributed by atoms with E-state index in [2.05, 4.69) is 30.4 Å². The second-order valence-corrected chi connectivity index (χ2v) is 10.1. The molecule has 174 valence electrons. The number of thiophene rings is 1. The van der Waals surface area contributed by atoms with Crippen molar-refractivity contribution in [3.05, 3.63) is 93.8 Å². The summed E-state index contributed by atoms with van der Waals surface area (Å²) in [6, 6.07) is 21.9. The number of nitrogens with zero attached hydrogens (tertiary/aromatic N) is 1. The molecule has 0 unspecified atom stereocenters. The maximum Gasteiger partial charge on any atom is 0.227 e. The van der Waals surface area contributed by atoms with Gasteiger partial charge in [0.15, 0.2) is 5.78 Å². The molecule has 3 aromatic rings. The summed E-state index contributed by atoms with van der Waals surface area (Å²) in [5.41, 5.74) is 4.61. The topological polar surface area (TPSA) is 49.4 Å². The molecule has 1 N–H and O–H groups in total. The van der Waals surface area contributed by atoms with Crippen molar-refractivity contribution in [3.8, 4) is 0 Å². The van der Waals surface area contributed by atoms with Crippen molar-refractivity contribution in [1.82, 2.24) is 0 Å². The van der Waals surface area contributed by atoms with E-state index >= 15 is 0 Å². The van der Waals surface area contributed by atoms with E-state index in [1.54, 1.807) is 11.3 Å². The molecule has 0 spiro atoms. The first-order chi connectivity index (χ1) is 16.7. The zero-order chi connectivity index (χ0) is 23.5. The summed E-state index contributed by atoms with van der Waals surface area (Å²) in [6.07, 6.45) is 4.63. The van der Waals surface area contributed by atoms with Crippen molar-refractivity contribution in [2.75, 3.05) is 10.2 Å². The molecule has 0 saturated heterocycles. The number of rotatable bonds is 6. The van der Waals surface area contributed by atoms with Gasteiger partial charge in [-0.25, -0.2) is 0 Å². The Bertz CT molecular complexity index is 1200. The summed E-state index contributed by atoms with van der Waals surface area (Å²) < 4.78 is 0. The van der Waals surface area contributed by atoms with Crippen molar-refractivity contribution in [2.24, 2.45) is 0 Å². The summed E-state index contributed by atoms with van der Waals surface area (Å²) in [6.45, 7) is 2.14. The molecule has 2 aliphatic rings. The lowest BCUT2D eigenvalue weighted by Crippen LogP contribution is -2.38. The molecule has 0 saturated carbocycles. The Balaban J connectivity index is 1.63. The zero-order valence-electron chi connectivity index (χ0n) is 19.5. The molecule has 2 aromatic carbocycles. The van der Waals surface area contributed by atoms with Crippen LogP contribution in [0.25, 0.3) is 0 Å². The van der Waals surface area contributed by atoms with E-state index in [-0.39, 0.29) is 17.6 Å². The Kier molecular flexibility index (Phi) is 6.63. The normalized spacial score (nSPS) is 19.8. The number of carbonyl (C=O) groups excluding carboxylic acids is 2. The van der Waals surface area contributed by atoms with Gasteiger partial charge in [0.05, 0.1) is 11.4 Å². The minimum Gasteiger partial charge on any atom is -0.357 e. The highest BCUT2D eigenvalue weighted by Gasteiger charge is 2.41. The number of fused-ring (bicyclic) bond motifs is 1. The summed E-state index contributed by atoms with van der Waals surface area (Å²) >= 11 is 1.61. The van der Waals surface area contributed by atoms with E-state index in [1.165, 1.54) is 5.56 Å². The first-order valence-electron chi connectivity index (χ1n) is 12.2. The number of unbranched alkanes of at least 4 members (excludes halogenated alkanes) is 2. The van der Waals surface area contributed by atoms with Crippen LogP contribution in [0.4, 0.5) is 11.4 Å². The molecule has 4 nitrogen and oxygen atoms in total. The minimum atomic E-state index is -0.399. The first kappa shape index (κ1) is 22.6. The highest BCUT2D eigenvalue weighted by molar-refractivity contribution is 7.10. The van der Waals surface area contributed by atoms with Crippen LogP contribution < -0.4 is 10.2 Å². The summed E-state index contributed by atoms with van der Waals surface area (Å²) in [5, 5.41) is 5.63. The van der Waals surface area contributed by atoms with Crippen LogP contribution in [0.3, 0.4) is 0 Å². The van der Waals surface area contributed by atoms with E-state index in [0.717, 1.165) is 53.2 Å². The van der Waals surface area contributed by atoms with Gasteiger partial charge in [-0.15, -0.1) is 11.3 Å². The van der Waals surface area contributed by atoms with Crippen molar-refractivity contribution < 1.29 is 9.59 Å². The van der Waals surface area contributed by atoms with E-state index in [0.29, 0.717) is 12.8 Å². The van der Waals surface area contributed by atoms with Gasteiger partial charge in [-0.2, -0.15) is 0 Å². The number of amides is 1. The van der Waals surface area contributed by atoms with Gasteiger partial charge in [-0.05, 0) is 47.9 Å². The highest BCUT2D eigenvalue weighted by atomic mass is 32.1. The fraction of sp³-hybridized carbons (Fsp3) is 0.310. The van der Waals surface area contributed by atoms with Gasteiger partial charge < -0.3 is 5.32 Å². The lowest BCUT2D eigenvalue weighted by Gasteiger charge is -2.34. The second kappa shape index (κ2) is 9.98. The van der Waals surface area contributed by atoms with Gasteiger partial charge in [0, 0.05) is 29.0 Å². The molecule has 34 heavy (non-hydrogen) atoms. The second-order valence-electron chi connectivity index (χ2n) is 9.11. The number of allylic oxidation sites excluding steroid dienone is 1. The van der Waals surface area contributed by atoms with Gasteiger partial charge in [0.25, 0.3) is 0 Å². The predicted molar refractivity (Wildman–Crippen MR) is 139 cm³/mol. The van der Waals surface area contributed by atoms with Crippen molar-refractivity contribution >= 4 is 34.4 Å². The van der Waals surface area contributed by atoms with Gasteiger partial charge in [0.1, 0.15) is 6.04 Å². The van der Waals surface area contributed by atoms with E-state index in [9.17, 15) is 9.59 Å². The molecule has 1 amide bonds. The Morgan fingerprint density at radius 1 is 1.00 bits per heavy atom. The molecule has 2 heterocycles. The quantitative estimate of drug-likeness (QED) is 0.387. The smallest absolute Gasteiger partial charge is 0.227 e. The number of nitrogens with one attached hydrogen (secondary N) is 1. The molecular weight excluding hydrogens is 440 g/mol. The third kappa shape index (κ3) is 4.32. The average molecular weight is 471 g/mol. The van der Waals surface area contributed by atoms with Gasteiger partial charge in [-0.1, -0.05) is 68.3 Å². The SMILES string of the molecule is CCCCCC(=O)N1c2ccccc2NC2=C(C(=O)C[C@H](c3ccccc3)C2)[C@H]1c1cccs1. The van der Waals surface area contributed by atoms with E-state index in [4.69, 9.17) is 0 Å². The third-order valence-corrected chi connectivity index (χ3v) is 7.76. The number of para-hydroxylation sites is 2. The number of hydrogen-bond acceptors (Lipinski definition) is 4. The Labute approximate surface area is 205 Å². The van der Waals surface area contributed by atoms with Crippen LogP contribution in [0.5, 0.6) is 0 Å². The number of carbonyl (C=O) groups is 2. The fourth-order valence-corrected chi connectivity index (χ4v) is 6.01. The number of ketones is 1. The lowest BCUT2D eigenvalue weighted by molar-refractivity contribution is -0.119. The number of anilines is 2. The standard InChI is InChI=1S/C29H30N2O2S/c1-2-3-5-16-27(33)31-24-14-9-8-13-22(24)30-23-18-21(20-11-6-4-7-12-20)19-25(32)28(23)29(31)26-15-10-17-34-26/h4,6-15,17,21,29-30H,2-3,5,16,18-19H2,1H3/t21-,29-/m1/s1. The van der Waals surface area contributed by atoms with Gasteiger partial charge in [-0.3, -0.25) is 14.5 Å². The Morgan fingerprint density at radius 3 is 2.56 bits per heavy atom. The van der Waals surface area contributed by atoms with E-state index in [1.807, 2.05) is 58.8 Å². The molecule has 0 bridgehead atoms. The Hall–Kier alpha value is -3.18. The molecule has 1 aromatic heterocycles. The van der Waals surface area contributed by atoms with Gasteiger partial charge in [0.2, 0.25) is 5.91 Å². The molecule has 1 aliphatic heterocycles. The molecule has 5 heteroatoms. The fourth-order valence-electron chi connectivity index (χ4n) is 5.19. The molecular formula is C29H30N2O2S. The first-order valence-corrected chi connectivity index (χ1v) is 13.1. The van der Waals surface area contributed by atoms with Crippen LogP contribution >= 0.6 is 11.3 Å². The number of benzene rings is 2. The Morgan fingerprint density at radius 2 is 1.79 bits per heavy atom. The highest BCUT2D eigenvalue weighted by Crippen LogP contribution is 2.48. The molecule has 0 radical (unpaired) electrons. The summed E-state index contributed by atoms with van der Waals surface area (Å²) in [5.74, 6) is 0.330. The maximum absolute atomic E-state index is 13.8. The minimum absolute atomic E-state index is 0.0767. The van der Waals surface area contributed by atoms with Crippen LogP contribution in [-0.2, 0) is 9.59 Å². The number of hydrogen-bond donors (Lipinski definition) is 1. The summed E-state index contributed by atoms with van der Waals surface area (Å²) in [4.78, 5) is 30.5.